The zero-order valence-electron chi connectivity index (χ0n) is 12.9. The van der Waals surface area contributed by atoms with Crippen LogP contribution in [-0.4, -0.2) is 17.7 Å². The lowest BCUT2D eigenvalue weighted by atomic mass is 10.1. The maximum atomic E-state index is 11.5. The van der Waals surface area contributed by atoms with Crippen LogP contribution in [0.4, 0.5) is 0 Å². The maximum Gasteiger partial charge on any atom is 0.250 e. The summed E-state index contributed by atoms with van der Waals surface area (Å²) in [5.74, 6) is 0. The molecule has 0 saturated carbocycles. The van der Waals surface area contributed by atoms with Crippen molar-refractivity contribution in [3.63, 3.8) is 0 Å². The minimum atomic E-state index is 0.0846. The van der Waals surface area contributed by atoms with Gasteiger partial charge in [0.2, 0.25) is 0 Å². The van der Waals surface area contributed by atoms with Crippen LogP contribution in [0.2, 0.25) is 0 Å². The summed E-state index contributed by atoms with van der Waals surface area (Å²) in [4.78, 5) is 11.5. The molecule has 1 heterocycles. The van der Waals surface area contributed by atoms with Gasteiger partial charge in [-0.1, -0.05) is 57.9 Å². The fourth-order valence-corrected chi connectivity index (χ4v) is 2.35. The van der Waals surface area contributed by atoms with Crippen LogP contribution >= 0.6 is 0 Å². The highest BCUT2D eigenvalue weighted by molar-refractivity contribution is 4.93. The van der Waals surface area contributed by atoms with E-state index in [1.54, 1.807) is 16.7 Å². The smallest absolute Gasteiger partial charge is 0.250 e. The molecule has 20 heavy (non-hydrogen) atoms. The van der Waals surface area contributed by atoms with Crippen LogP contribution in [0, 0.1) is 0 Å². The first-order valence-corrected chi connectivity index (χ1v) is 8.21. The van der Waals surface area contributed by atoms with Gasteiger partial charge in [-0.15, -0.1) is 0 Å². The Bertz CT molecular complexity index is 387. The average Bonchev–Trinajstić information content (AvgIpc) is 2.46. The Labute approximate surface area is 123 Å². The van der Waals surface area contributed by atoms with Crippen LogP contribution in [0.3, 0.4) is 0 Å². The second kappa shape index (κ2) is 11.7. The third kappa shape index (κ3) is 8.16. The fraction of sp³-hybridized carbons (Fsp3) is 0.706. The molecule has 0 saturated heterocycles. The molecular formula is C17H30N2O. The van der Waals surface area contributed by atoms with E-state index in [-0.39, 0.29) is 5.56 Å². The summed E-state index contributed by atoms with van der Waals surface area (Å²) in [6.07, 6.45) is 12.7. The quantitative estimate of drug-likeness (QED) is 0.593. The average molecular weight is 278 g/mol. The third-order valence-electron chi connectivity index (χ3n) is 3.64. The van der Waals surface area contributed by atoms with Gasteiger partial charge in [0.05, 0.1) is 0 Å². The molecule has 1 N–H and O–H groups in total. The zero-order valence-corrected chi connectivity index (χ0v) is 12.9. The van der Waals surface area contributed by atoms with Gasteiger partial charge in [-0.3, -0.25) is 4.79 Å². The lowest BCUT2D eigenvalue weighted by Crippen LogP contribution is -2.26. The molecule has 0 spiro atoms. The van der Waals surface area contributed by atoms with Crippen LogP contribution in [0.1, 0.15) is 58.3 Å². The molecule has 0 fully saturated rings. The summed E-state index contributed by atoms with van der Waals surface area (Å²) in [5.41, 5.74) is 0.0846. The van der Waals surface area contributed by atoms with Crippen LogP contribution in [0.25, 0.3) is 0 Å². The number of nitrogens with one attached hydrogen (secondary N) is 1. The van der Waals surface area contributed by atoms with Crippen molar-refractivity contribution in [2.24, 2.45) is 0 Å². The Morgan fingerprint density at radius 2 is 1.65 bits per heavy atom. The molecule has 0 aromatic carbocycles. The van der Waals surface area contributed by atoms with E-state index in [2.05, 4.69) is 12.2 Å². The van der Waals surface area contributed by atoms with Crippen molar-refractivity contribution in [1.29, 1.82) is 0 Å². The first-order valence-electron chi connectivity index (χ1n) is 8.21. The number of unbranched alkanes of at least 4 members (excludes halogenated alkanes) is 7. The molecule has 0 aliphatic heterocycles. The van der Waals surface area contributed by atoms with Gasteiger partial charge in [0.15, 0.2) is 0 Å². The molecule has 0 radical (unpaired) electrons. The monoisotopic (exact) mass is 278 g/mol. The number of hydrogen-bond acceptors (Lipinski definition) is 2. The van der Waals surface area contributed by atoms with E-state index in [1.807, 2.05) is 12.3 Å². The topological polar surface area (TPSA) is 34.0 Å². The van der Waals surface area contributed by atoms with Crippen molar-refractivity contribution in [3.8, 4) is 0 Å². The standard InChI is InChI=1S/C17H30N2O/c1-2-3-4-5-6-7-8-10-13-18-14-16-19-15-11-9-12-17(19)20/h9,11-12,15,18H,2-8,10,13-14,16H2,1H3. The molecule has 114 valence electrons. The van der Waals surface area contributed by atoms with Crippen molar-refractivity contribution in [2.75, 3.05) is 13.1 Å². The largest absolute Gasteiger partial charge is 0.315 e. The van der Waals surface area contributed by atoms with Gasteiger partial charge in [-0.2, -0.15) is 0 Å². The zero-order chi connectivity index (χ0) is 14.5. The molecule has 3 heteroatoms. The molecule has 0 bridgehead atoms. The van der Waals surface area contributed by atoms with E-state index < -0.39 is 0 Å². The molecule has 3 nitrogen and oxygen atoms in total. The Kier molecular flexibility index (Phi) is 9.93. The summed E-state index contributed by atoms with van der Waals surface area (Å²) in [6, 6.07) is 5.30. The van der Waals surface area contributed by atoms with E-state index in [1.165, 1.54) is 51.4 Å². The van der Waals surface area contributed by atoms with Gasteiger partial charge in [-0.05, 0) is 19.0 Å². The van der Waals surface area contributed by atoms with Crippen molar-refractivity contribution < 1.29 is 0 Å². The first-order chi connectivity index (χ1) is 9.84. The molecule has 1 aromatic heterocycles. The predicted molar refractivity (Wildman–Crippen MR) is 86.2 cm³/mol. The molecule has 0 aliphatic rings. The second-order valence-electron chi connectivity index (χ2n) is 5.46. The van der Waals surface area contributed by atoms with E-state index in [4.69, 9.17) is 0 Å². The van der Waals surface area contributed by atoms with Crippen molar-refractivity contribution in [1.82, 2.24) is 9.88 Å². The van der Waals surface area contributed by atoms with Gasteiger partial charge < -0.3 is 9.88 Å². The molecule has 0 aliphatic carbocycles. The first kappa shape index (κ1) is 17.0. The molecular weight excluding hydrogens is 248 g/mol. The predicted octanol–water partition coefficient (Wildman–Crippen LogP) is 3.58. The Morgan fingerprint density at radius 3 is 2.35 bits per heavy atom. The maximum absolute atomic E-state index is 11.5. The molecule has 0 amide bonds. The van der Waals surface area contributed by atoms with Gasteiger partial charge in [0.25, 0.3) is 5.56 Å². The van der Waals surface area contributed by atoms with Crippen LogP contribution in [0.15, 0.2) is 29.2 Å². The Morgan fingerprint density at radius 1 is 0.950 bits per heavy atom. The van der Waals surface area contributed by atoms with Crippen LogP contribution < -0.4 is 10.9 Å². The Balaban J connectivity index is 1.88. The lowest BCUT2D eigenvalue weighted by molar-refractivity contribution is 0.536. The number of rotatable bonds is 12. The van der Waals surface area contributed by atoms with E-state index in [9.17, 15) is 4.79 Å². The second-order valence-corrected chi connectivity index (χ2v) is 5.46. The highest BCUT2D eigenvalue weighted by Crippen LogP contribution is 2.07. The van der Waals surface area contributed by atoms with Crippen molar-refractivity contribution >= 4 is 0 Å². The number of nitrogens with zero attached hydrogens (tertiary/aromatic N) is 1. The van der Waals surface area contributed by atoms with Crippen LogP contribution in [0.5, 0.6) is 0 Å². The van der Waals surface area contributed by atoms with Crippen molar-refractivity contribution in [2.45, 2.75) is 64.8 Å². The summed E-state index contributed by atoms with van der Waals surface area (Å²) in [7, 11) is 0. The SMILES string of the molecule is CCCCCCCCCCNCCn1ccccc1=O. The van der Waals surface area contributed by atoms with E-state index in [0.717, 1.165) is 19.6 Å². The Hall–Kier alpha value is -1.09. The number of hydrogen-bond donors (Lipinski definition) is 1. The summed E-state index contributed by atoms with van der Waals surface area (Å²) >= 11 is 0. The van der Waals surface area contributed by atoms with Gasteiger partial charge in [0.1, 0.15) is 0 Å². The summed E-state index contributed by atoms with van der Waals surface area (Å²) < 4.78 is 1.75. The minimum Gasteiger partial charge on any atom is -0.315 e. The van der Waals surface area contributed by atoms with Gasteiger partial charge in [-0.25, -0.2) is 0 Å². The fourth-order valence-electron chi connectivity index (χ4n) is 2.35. The summed E-state index contributed by atoms with van der Waals surface area (Å²) in [6.45, 7) is 4.96. The van der Waals surface area contributed by atoms with Crippen molar-refractivity contribution in [3.05, 3.63) is 34.7 Å². The number of pyridine rings is 1. The normalized spacial score (nSPS) is 10.8. The molecule has 1 aromatic rings. The van der Waals surface area contributed by atoms with E-state index >= 15 is 0 Å². The van der Waals surface area contributed by atoms with Gasteiger partial charge in [0, 0.05) is 25.4 Å². The molecule has 1 rings (SSSR count). The number of aromatic nitrogens is 1. The highest BCUT2D eigenvalue weighted by atomic mass is 16.1. The molecule has 0 atom stereocenters. The lowest BCUT2D eigenvalue weighted by Gasteiger charge is -2.07. The summed E-state index contributed by atoms with van der Waals surface area (Å²) in [5, 5.41) is 3.41. The van der Waals surface area contributed by atoms with Crippen LogP contribution in [-0.2, 0) is 6.54 Å². The van der Waals surface area contributed by atoms with Gasteiger partial charge >= 0.3 is 0 Å². The molecule has 0 unspecified atom stereocenters. The third-order valence-corrected chi connectivity index (χ3v) is 3.64. The highest BCUT2D eigenvalue weighted by Gasteiger charge is 1.94. The minimum absolute atomic E-state index is 0.0846. The van der Waals surface area contributed by atoms with E-state index in [0.29, 0.717) is 0 Å².